The highest BCUT2D eigenvalue weighted by Gasteiger charge is 2.53. The van der Waals surface area contributed by atoms with Crippen molar-refractivity contribution in [2.75, 3.05) is 13.2 Å². The molecule has 4 amide bonds. The average molecular weight is 450 g/mol. The highest BCUT2D eigenvalue weighted by molar-refractivity contribution is 6.08. The van der Waals surface area contributed by atoms with Gasteiger partial charge < -0.3 is 15.4 Å². The Balaban J connectivity index is 1.47. The van der Waals surface area contributed by atoms with Crippen molar-refractivity contribution in [3.05, 3.63) is 0 Å². The fraction of sp³-hybridized carbons (Fsp3) is 0.833. The summed E-state index contributed by atoms with van der Waals surface area (Å²) in [4.78, 5) is 50.9. The minimum Gasteiger partial charge on any atom is -0.454 e. The summed E-state index contributed by atoms with van der Waals surface area (Å²) in [6.45, 7) is 10.0. The summed E-state index contributed by atoms with van der Waals surface area (Å²) in [6, 6.07) is -0.477. The second-order valence-electron chi connectivity index (χ2n) is 11.1. The molecule has 0 aromatic carbocycles. The van der Waals surface area contributed by atoms with Crippen LogP contribution in [-0.4, -0.2) is 53.4 Å². The minimum absolute atomic E-state index is 0.0824. The van der Waals surface area contributed by atoms with Crippen LogP contribution in [0.25, 0.3) is 0 Å². The van der Waals surface area contributed by atoms with Gasteiger partial charge in [-0.1, -0.05) is 47.5 Å². The van der Waals surface area contributed by atoms with Gasteiger partial charge >= 0.3 is 12.0 Å². The van der Waals surface area contributed by atoms with E-state index in [-0.39, 0.29) is 23.3 Å². The molecule has 2 aliphatic carbocycles. The summed E-state index contributed by atoms with van der Waals surface area (Å²) in [5.41, 5.74) is -0.755. The molecule has 180 valence electrons. The fourth-order valence-corrected chi connectivity index (χ4v) is 5.49. The lowest BCUT2D eigenvalue weighted by Gasteiger charge is -2.40. The maximum atomic E-state index is 13.0. The molecule has 3 rings (SSSR count). The Morgan fingerprint density at radius 1 is 1.12 bits per heavy atom. The maximum absolute atomic E-state index is 13.0. The summed E-state index contributed by atoms with van der Waals surface area (Å²) in [7, 11) is 0. The number of urea groups is 1. The third-order valence-corrected chi connectivity index (χ3v) is 8.01. The van der Waals surface area contributed by atoms with Gasteiger partial charge in [0.05, 0.1) is 0 Å². The Bertz CT molecular complexity index is 751. The normalized spacial score (nSPS) is 33.2. The predicted octanol–water partition coefficient (Wildman–Crippen LogP) is 3.00. The number of carbonyl (C=O) groups is 4. The quantitative estimate of drug-likeness (QED) is 0.496. The number of imide groups is 1. The molecule has 1 saturated heterocycles. The number of carbonyl (C=O) groups excluding carboxylic acids is 4. The number of hydrogen-bond acceptors (Lipinski definition) is 5. The van der Waals surface area contributed by atoms with Gasteiger partial charge in [-0.2, -0.15) is 0 Å². The molecule has 0 aromatic heterocycles. The molecule has 0 radical (unpaired) electrons. The lowest BCUT2D eigenvalue weighted by atomic mass is 9.67. The molecule has 8 nitrogen and oxygen atoms in total. The second kappa shape index (κ2) is 9.40. The molecule has 32 heavy (non-hydrogen) atoms. The zero-order valence-corrected chi connectivity index (χ0v) is 20.2. The standard InChI is InChI=1S/C24H39N3O5/c1-15-7-6-8-18(16(15)2)25-19(28)14-32-20(29)13-27-21(30)24(26-22(27)31)11-9-17(10-12-24)23(3,4)5/h15-18H,6-14H2,1-5H3,(H,25,28)(H,26,31). The Kier molecular flexibility index (Phi) is 7.20. The topological polar surface area (TPSA) is 105 Å². The van der Waals surface area contributed by atoms with Gasteiger partial charge in [0, 0.05) is 6.04 Å². The maximum Gasteiger partial charge on any atom is 0.326 e. The molecule has 0 aromatic rings. The lowest BCUT2D eigenvalue weighted by molar-refractivity contribution is -0.151. The van der Waals surface area contributed by atoms with Crippen molar-refractivity contribution in [2.45, 2.75) is 91.1 Å². The van der Waals surface area contributed by atoms with Crippen molar-refractivity contribution in [1.29, 1.82) is 0 Å². The fourth-order valence-electron chi connectivity index (χ4n) is 5.49. The molecule has 3 unspecified atom stereocenters. The van der Waals surface area contributed by atoms with E-state index in [1.165, 1.54) is 0 Å². The highest BCUT2D eigenvalue weighted by atomic mass is 16.5. The Morgan fingerprint density at radius 2 is 1.78 bits per heavy atom. The van der Waals surface area contributed by atoms with E-state index < -0.39 is 30.7 Å². The predicted molar refractivity (Wildman–Crippen MR) is 119 cm³/mol. The van der Waals surface area contributed by atoms with E-state index in [0.29, 0.717) is 30.6 Å². The van der Waals surface area contributed by atoms with E-state index in [4.69, 9.17) is 4.74 Å². The molecule has 2 N–H and O–H groups in total. The summed E-state index contributed by atoms with van der Waals surface area (Å²) < 4.78 is 5.08. The molecule has 2 saturated carbocycles. The Hall–Kier alpha value is -2.12. The SMILES string of the molecule is CC1CCCC(NC(=O)COC(=O)CN2C(=O)NC3(CCC(C(C)(C)C)CC3)C2=O)C1C. The lowest BCUT2D eigenvalue weighted by Crippen LogP contribution is -2.50. The molecule has 3 atom stereocenters. The summed E-state index contributed by atoms with van der Waals surface area (Å²) in [5.74, 6) is -0.0555. The minimum atomic E-state index is -0.912. The van der Waals surface area contributed by atoms with E-state index in [2.05, 4.69) is 45.3 Å². The molecule has 8 heteroatoms. The number of amides is 4. The molecule has 1 heterocycles. The van der Waals surface area contributed by atoms with Crippen LogP contribution in [0.2, 0.25) is 0 Å². The third kappa shape index (κ3) is 5.26. The van der Waals surface area contributed by atoms with E-state index in [1.807, 2.05) is 0 Å². The first-order valence-electron chi connectivity index (χ1n) is 12.0. The summed E-state index contributed by atoms with van der Waals surface area (Å²) in [5, 5.41) is 5.78. The molecule has 1 spiro atoms. The number of ether oxygens (including phenoxy) is 1. The van der Waals surface area contributed by atoms with Crippen LogP contribution in [0.15, 0.2) is 0 Å². The van der Waals surface area contributed by atoms with Crippen LogP contribution in [0.3, 0.4) is 0 Å². The first-order valence-corrected chi connectivity index (χ1v) is 12.0. The van der Waals surface area contributed by atoms with Crippen molar-refractivity contribution >= 4 is 23.8 Å². The van der Waals surface area contributed by atoms with Crippen molar-refractivity contribution in [3.63, 3.8) is 0 Å². The van der Waals surface area contributed by atoms with Gasteiger partial charge in [-0.25, -0.2) is 4.79 Å². The highest BCUT2D eigenvalue weighted by Crippen LogP contribution is 2.43. The van der Waals surface area contributed by atoms with E-state index in [9.17, 15) is 19.2 Å². The van der Waals surface area contributed by atoms with Crippen LogP contribution in [0, 0.1) is 23.2 Å². The number of esters is 1. The van der Waals surface area contributed by atoms with E-state index >= 15 is 0 Å². The summed E-state index contributed by atoms with van der Waals surface area (Å²) >= 11 is 0. The van der Waals surface area contributed by atoms with Crippen LogP contribution in [0.5, 0.6) is 0 Å². The van der Waals surface area contributed by atoms with Crippen molar-refractivity contribution in [1.82, 2.24) is 15.5 Å². The van der Waals surface area contributed by atoms with Gasteiger partial charge in [-0.15, -0.1) is 0 Å². The van der Waals surface area contributed by atoms with Gasteiger partial charge in [-0.3, -0.25) is 19.3 Å². The average Bonchev–Trinajstić information content (AvgIpc) is 2.93. The number of hydrogen-bond donors (Lipinski definition) is 2. The summed E-state index contributed by atoms with van der Waals surface area (Å²) in [6.07, 6.45) is 6.01. The van der Waals surface area contributed by atoms with Crippen LogP contribution < -0.4 is 10.6 Å². The molecular weight excluding hydrogens is 410 g/mol. The molecule has 3 aliphatic rings. The zero-order valence-electron chi connectivity index (χ0n) is 20.2. The van der Waals surface area contributed by atoms with Crippen LogP contribution in [0.1, 0.15) is 79.6 Å². The van der Waals surface area contributed by atoms with Gasteiger partial charge in [0.25, 0.3) is 11.8 Å². The molecule has 0 bridgehead atoms. The van der Waals surface area contributed by atoms with Crippen molar-refractivity contribution in [3.8, 4) is 0 Å². The van der Waals surface area contributed by atoms with Gasteiger partial charge in [-0.05, 0) is 55.3 Å². The van der Waals surface area contributed by atoms with Crippen LogP contribution in [-0.2, 0) is 19.1 Å². The second-order valence-corrected chi connectivity index (χ2v) is 11.1. The monoisotopic (exact) mass is 449 g/mol. The van der Waals surface area contributed by atoms with E-state index in [0.717, 1.165) is 37.0 Å². The Morgan fingerprint density at radius 3 is 2.41 bits per heavy atom. The van der Waals surface area contributed by atoms with Crippen LogP contribution >= 0.6 is 0 Å². The first-order chi connectivity index (χ1) is 14.9. The van der Waals surface area contributed by atoms with Crippen molar-refractivity contribution in [2.24, 2.45) is 23.2 Å². The molecule has 1 aliphatic heterocycles. The zero-order chi connectivity index (χ0) is 23.7. The largest absolute Gasteiger partial charge is 0.454 e. The molecular formula is C24H39N3O5. The van der Waals surface area contributed by atoms with Crippen molar-refractivity contribution < 1.29 is 23.9 Å². The number of nitrogens with zero attached hydrogens (tertiary/aromatic N) is 1. The molecule has 3 fully saturated rings. The number of nitrogens with one attached hydrogen (secondary N) is 2. The smallest absolute Gasteiger partial charge is 0.326 e. The number of rotatable bonds is 5. The van der Waals surface area contributed by atoms with Gasteiger partial charge in [0.15, 0.2) is 6.61 Å². The van der Waals surface area contributed by atoms with Gasteiger partial charge in [0.1, 0.15) is 12.1 Å². The van der Waals surface area contributed by atoms with E-state index in [1.54, 1.807) is 0 Å². The first kappa shape index (κ1) is 24.5. The van der Waals surface area contributed by atoms with Gasteiger partial charge in [0.2, 0.25) is 0 Å². The Labute approximate surface area is 191 Å². The third-order valence-electron chi connectivity index (χ3n) is 8.01. The van der Waals surface area contributed by atoms with Crippen LogP contribution in [0.4, 0.5) is 4.79 Å².